The molecule has 0 atom stereocenters. The van der Waals surface area contributed by atoms with Gasteiger partial charge in [0.2, 0.25) is 0 Å². The lowest BCUT2D eigenvalue weighted by Crippen LogP contribution is -1.95. The summed E-state index contributed by atoms with van der Waals surface area (Å²) in [6, 6.07) is 19.8. The Hall–Kier alpha value is -2.81. The van der Waals surface area contributed by atoms with Crippen molar-refractivity contribution in [2.24, 2.45) is 0 Å². The molecule has 0 saturated heterocycles. The molecule has 0 aliphatic carbocycles. The molecule has 0 spiro atoms. The third-order valence-corrected chi connectivity index (χ3v) is 3.76. The van der Waals surface area contributed by atoms with Gasteiger partial charge in [-0.3, -0.25) is 0 Å². The lowest BCUT2D eigenvalue weighted by atomic mass is 10.2. The van der Waals surface area contributed by atoms with Crippen molar-refractivity contribution in [2.45, 2.75) is 13.8 Å². The molecule has 0 aliphatic heterocycles. The predicted molar refractivity (Wildman–Crippen MR) is 93.8 cm³/mol. The van der Waals surface area contributed by atoms with Crippen molar-refractivity contribution in [2.75, 3.05) is 0 Å². The second-order valence-electron chi connectivity index (χ2n) is 5.00. The van der Waals surface area contributed by atoms with E-state index in [4.69, 9.17) is 0 Å². The molecule has 0 bridgehead atoms. The van der Waals surface area contributed by atoms with E-state index in [0.717, 1.165) is 21.8 Å². The maximum absolute atomic E-state index is 13.6. The SMILES string of the molecule is CC.Oc1ccc(F)cc1-n1c2ccccc2c2ccccc21. The number of halogens is 1. The molecule has 1 aromatic heterocycles. The molecule has 0 fully saturated rings. The molecule has 116 valence electrons. The number of aromatic nitrogens is 1. The van der Waals surface area contributed by atoms with Gasteiger partial charge in [0.15, 0.2) is 0 Å². The van der Waals surface area contributed by atoms with Gasteiger partial charge in [0, 0.05) is 16.8 Å². The molecule has 0 aliphatic rings. The highest BCUT2D eigenvalue weighted by atomic mass is 19.1. The molecule has 0 radical (unpaired) electrons. The summed E-state index contributed by atoms with van der Waals surface area (Å²) in [5.41, 5.74) is 2.34. The maximum Gasteiger partial charge on any atom is 0.139 e. The highest BCUT2D eigenvalue weighted by Crippen LogP contribution is 2.34. The van der Waals surface area contributed by atoms with E-state index >= 15 is 0 Å². The maximum atomic E-state index is 13.6. The van der Waals surface area contributed by atoms with Crippen molar-refractivity contribution in [3.05, 3.63) is 72.5 Å². The Kier molecular flexibility index (Phi) is 4.02. The minimum atomic E-state index is -0.371. The molecule has 2 nitrogen and oxygen atoms in total. The van der Waals surface area contributed by atoms with Crippen LogP contribution < -0.4 is 0 Å². The second kappa shape index (κ2) is 6.13. The fourth-order valence-corrected chi connectivity index (χ4v) is 2.86. The van der Waals surface area contributed by atoms with Crippen molar-refractivity contribution < 1.29 is 9.50 Å². The molecule has 0 unspecified atom stereocenters. The zero-order valence-corrected chi connectivity index (χ0v) is 13.1. The summed E-state index contributed by atoms with van der Waals surface area (Å²) in [6.45, 7) is 4.00. The third-order valence-electron chi connectivity index (χ3n) is 3.76. The fraction of sp³-hybridized carbons (Fsp3) is 0.100. The molecule has 4 aromatic rings. The third kappa shape index (κ3) is 2.44. The van der Waals surface area contributed by atoms with Crippen LogP contribution in [0.1, 0.15) is 13.8 Å². The molecule has 23 heavy (non-hydrogen) atoms. The summed E-state index contributed by atoms with van der Waals surface area (Å²) in [5, 5.41) is 12.3. The summed E-state index contributed by atoms with van der Waals surface area (Å²) >= 11 is 0. The first-order chi connectivity index (χ1) is 11.3. The first-order valence-corrected chi connectivity index (χ1v) is 7.73. The van der Waals surface area contributed by atoms with E-state index in [-0.39, 0.29) is 11.6 Å². The topological polar surface area (TPSA) is 25.2 Å². The van der Waals surface area contributed by atoms with Crippen LogP contribution in [0.15, 0.2) is 66.7 Å². The van der Waals surface area contributed by atoms with E-state index in [2.05, 4.69) is 0 Å². The van der Waals surface area contributed by atoms with Crippen LogP contribution in [-0.4, -0.2) is 9.67 Å². The van der Waals surface area contributed by atoms with Crippen molar-refractivity contribution in [3.63, 3.8) is 0 Å². The average molecular weight is 307 g/mol. The normalized spacial score (nSPS) is 10.6. The number of aromatic hydroxyl groups is 1. The van der Waals surface area contributed by atoms with E-state index in [1.54, 1.807) is 0 Å². The second-order valence-corrected chi connectivity index (χ2v) is 5.00. The highest BCUT2D eigenvalue weighted by Gasteiger charge is 2.14. The standard InChI is InChI=1S/C18H12FNO.C2H6/c19-12-9-10-18(21)17(11-12)20-15-7-3-1-5-13(15)14-6-2-4-8-16(14)20;1-2/h1-11,21H;1-2H3. The van der Waals surface area contributed by atoms with Crippen LogP contribution in [0.3, 0.4) is 0 Å². The van der Waals surface area contributed by atoms with Crippen molar-refractivity contribution in [1.29, 1.82) is 0 Å². The number of phenolic OH excluding ortho intramolecular Hbond substituents is 1. The number of phenols is 1. The van der Waals surface area contributed by atoms with Gasteiger partial charge in [-0.05, 0) is 24.3 Å². The summed E-state index contributed by atoms with van der Waals surface area (Å²) < 4.78 is 15.5. The van der Waals surface area contributed by atoms with E-state index in [9.17, 15) is 9.50 Å². The molecular weight excluding hydrogens is 289 g/mol. The van der Waals surface area contributed by atoms with Gasteiger partial charge in [-0.1, -0.05) is 50.2 Å². The smallest absolute Gasteiger partial charge is 0.139 e. The summed E-state index contributed by atoms with van der Waals surface area (Å²) in [7, 11) is 0. The zero-order valence-electron chi connectivity index (χ0n) is 13.1. The monoisotopic (exact) mass is 307 g/mol. The van der Waals surface area contributed by atoms with E-state index in [1.807, 2.05) is 66.9 Å². The average Bonchev–Trinajstić information content (AvgIpc) is 2.93. The summed E-state index contributed by atoms with van der Waals surface area (Å²) in [5.74, 6) is -0.312. The van der Waals surface area contributed by atoms with E-state index in [0.29, 0.717) is 5.69 Å². The van der Waals surface area contributed by atoms with Crippen LogP contribution in [0, 0.1) is 5.82 Å². The van der Waals surface area contributed by atoms with Crippen LogP contribution in [0.5, 0.6) is 5.75 Å². The molecule has 3 heteroatoms. The van der Waals surface area contributed by atoms with Crippen LogP contribution in [0.4, 0.5) is 4.39 Å². The van der Waals surface area contributed by atoms with Crippen molar-refractivity contribution in [3.8, 4) is 11.4 Å². The molecular formula is C20H18FNO. The van der Waals surface area contributed by atoms with Crippen molar-refractivity contribution >= 4 is 21.8 Å². The molecule has 0 saturated carbocycles. The summed E-state index contributed by atoms with van der Waals surface area (Å²) in [6.07, 6.45) is 0. The Labute approximate surface area is 134 Å². The number of fused-ring (bicyclic) bond motifs is 3. The van der Waals surface area contributed by atoms with Gasteiger partial charge in [0.05, 0.1) is 16.7 Å². The number of hydrogen-bond acceptors (Lipinski definition) is 1. The van der Waals surface area contributed by atoms with Crippen molar-refractivity contribution in [1.82, 2.24) is 4.57 Å². The van der Waals surface area contributed by atoms with Gasteiger partial charge in [-0.15, -0.1) is 0 Å². The molecule has 1 N–H and O–H groups in total. The Morgan fingerprint density at radius 2 is 1.30 bits per heavy atom. The minimum Gasteiger partial charge on any atom is -0.506 e. The van der Waals surface area contributed by atoms with E-state index < -0.39 is 0 Å². The Bertz CT molecular complexity index is 919. The number of benzene rings is 3. The molecule has 0 amide bonds. The van der Waals surface area contributed by atoms with Gasteiger partial charge in [-0.25, -0.2) is 4.39 Å². The Balaban J connectivity index is 0.000000753. The number of nitrogens with zero attached hydrogens (tertiary/aromatic N) is 1. The first kappa shape index (κ1) is 15.1. The van der Waals surface area contributed by atoms with Gasteiger partial charge < -0.3 is 9.67 Å². The van der Waals surface area contributed by atoms with Crippen LogP contribution >= 0.6 is 0 Å². The number of para-hydroxylation sites is 2. The van der Waals surface area contributed by atoms with E-state index in [1.165, 1.54) is 18.2 Å². The highest BCUT2D eigenvalue weighted by molar-refractivity contribution is 6.09. The van der Waals surface area contributed by atoms with Crippen LogP contribution in [0.25, 0.3) is 27.5 Å². The quantitative estimate of drug-likeness (QED) is 0.482. The van der Waals surface area contributed by atoms with Crippen LogP contribution in [-0.2, 0) is 0 Å². The first-order valence-electron chi connectivity index (χ1n) is 7.73. The zero-order chi connectivity index (χ0) is 16.4. The van der Waals surface area contributed by atoms with Gasteiger partial charge in [-0.2, -0.15) is 0 Å². The van der Waals surface area contributed by atoms with Gasteiger partial charge >= 0.3 is 0 Å². The lowest BCUT2D eigenvalue weighted by Gasteiger charge is -2.09. The molecule has 1 heterocycles. The van der Waals surface area contributed by atoms with Gasteiger partial charge in [0.1, 0.15) is 11.6 Å². The van der Waals surface area contributed by atoms with Crippen LogP contribution in [0.2, 0.25) is 0 Å². The fourth-order valence-electron chi connectivity index (χ4n) is 2.86. The minimum absolute atomic E-state index is 0.0582. The molecule has 4 rings (SSSR count). The lowest BCUT2D eigenvalue weighted by molar-refractivity contribution is 0.471. The van der Waals surface area contributed by atoms with Gasteiger partial charge in [0.25, 0.3) is 0 Å². The Morgan fingerprint density at radius 3 is 1.87 bits per heavy atom. The largest absolute Gasteiger partial charge is 0.506 e. The summed E-state index contributed by atoms with van der Waals surface area (Å²) in [4.78, 5) is 0. The molecule has 3 aromatic carbocycles. The number of rotatable bonds is 1. The number of hydrogen-bond donors (Lipinski definition) is 1. The Morgan fingerprint density at radius 1 is 0.783 bits per heavy atom. The predicted octanol–water partition coefficient (Wildman–Crippen LogP) is 5.65.